The van der Waals surface area contributed by atoms with Gasteiger partial charge in [0.15, 0.2) is 0 Å². The number of hydrogen-bond acceptors (Lipinski definition) is 0. The summed E-state index contributed by atoms with van der Waals surface area (Å²) < 4.78 is 170. The highest BCUT2D eigenvalue weighted by molar-refractivity contribution is 7.80. The first-order valence-electron chi connectivity index (χ1n) is 17.1. The van der Waals surface area contributed by atoms with Crippen molar-refractivity contribution in [1.29, 1.82) is 0 Å². The van der Waals surface area contributed by atoms with Gasteiger partial charge in [-0.25, -0.2) is 0 Å². The third-order valence-electron chi connectivity index (χ3n) is 9.90. The van der Waals surface area contributed by atoms with E-state index in [1.165, 1.54) is 6.92 Å². The first kappa shape index (κ1) is 40.8. The van der Waals surface area contributed by atoms with E-state index in [0.29, 0.717) is 43.5 Å². The quantitative estimate of drug-likeness (QED) is 0.108. The van der Waals surface area contributed by atoms with Gasteiger partial charge in [-0.05, 0) is 115 Å². The summed E-state index contributed by atoms with van der Waals surface area (Å²) in [6.07, 6.45) is -19.7. The summed E-state index contributed by atoms with van der Waals surface area (Å²) in [5, 5.41) is 1.72. The molecule has 0 heterocycles. The number of rotatable bonds is 8. The fourth-order valence-electron chi connectivity index (χ4n) is 7.50. The van der Waals surface area contributed by atoms with Crippen LogP contribution in [0, 0.1) is 5.92 Å². The molecule has 0 amide bonds. The van der Waals surface area contributed by atoms with Crippen molar-refractivity contribution in [2.75, 3.05) is 0 Å². The first-order valence-corrected chi connectivity index (χ1v) is 19.9. The second kappa shape index (κ2) is 15.6. The number of alkyl halides is 12. The van der Waals surface area contributed by atoms with Gasteiger partial charge >= 0.3 is 24.7 Å². The third kappa shape index (κ3) is 9.07. The molecule has 0 nitrogen and oxygen atoms in total. The van der Waals surface area contributed by atoms with E-state index in [1.807, 2.05) is 84.9 Å². The van der Waals surface area contributed by atoms with Crippen LogP contribution in [0.5, 0.6) is 0 Å². The molecule has 0 aromatic heterocycles. The number of benzene rings is 5. The second-order valence-electron chi connectivity index (χ2n) is 13.4. The molecule has 2 unspecified atom stereocenters. The predicted molar refractivity (Wildman–Crippen MR) is 194 cm³/mol. The third-order valence-corrected chi connectivity index (χ3v) is 15.2. The van der Waals surface area contributed by atoms with Crippen LogP contribution < -0.4 is 26.5 Å². The van der Waals surface area contributed by atoms with Gasteiger partial charge in [-0.2, -0.15) is 52.7 Å². The summed E-state index contributed by atoms with van der Waals surface area (Å²) in [5.41, 5.74) is -6.92. The molecule has 1 saturated carbocycles. The molecular formula is C41H32F12P2. The molecule has 290 valence electrons. The van der Waals surface area contributed by atoms with Crippen LogP contribution in [-0.4, -0.2) is 5.66 Å². The van der Waals surface area contributed by atoms with Crippen molar-refractivity contribution in [2.45, 2.75) is 62.5 Å². The maximum atomic E-state index is 14.2. The topological polar surface area (TPSA) is 0 Å². The lowest BCUT2D eigenvalue weighted by Crippen LogP contribution is -2.32. The summed E-state index contributed by atoms with van der Waals surface area (Å²) in [6, 6.07) is 28.4. The van der Waals surface area contributed by atoms with Crippen LogP contribution >= 0.6 is 15.8 Å². The van der Waals surface area contributed by atoms with Crippen LogP contribution in [0.4, 0.5) is 52.7 Å². The van der Waals surface area contributed by atoms with Crippen LogP contribution in [0.1, 0.15) is 59.9 Å². The Hall–Kier alpha value is -3.88. The lowest BCUT2D eigenvalue weighted by molar-refractivity contribution is -0.144. The molecule has 0 aliphatic heterocycles. The number of halogens is 12. The lowest BCUT2D eigenvalue weighted by atomic mass is 9.87. The van der Waals surface area contributed by atoms with Crippen molar-refractivity contribution in [2.24, 2.45) is 5.92 Å². The summed E-state index contributed by atoms with van der Waals surface area (Å²) in [4.78, 5) is 0. The molecule has 0 N–H and O–H groups in total. The zero-order valence-corrected chi connectivity index (χ0v) is 30.6. The van der Waals surface area contributed by atoms with Crippen LogP contribution in [0.3, 0.4) is 0 Å². The van der Waals surface area contributed by atoms with E-state index in [4.69, 9.17) is 0 Å². The first-order chi connectivity index (χ1) is 25.7. The summed E-state index contributed by atoms with van der Waals surface area (Å²) in [5.74, 6) is -0.905. The van der Waals surface area contributed by atoms with E-state index in [-0.39, 0.29) is 18.1 Å². The zero-order chi connectivity index (χ0) is 39.9. The van der Waals surface area contributed by atoms with Crippen LogP contribution in [0.25, 0.3) is 0 Å². The molecule has 0 spiro atoms. The van der Waals surface area contributed by atoms with Gasteiger partial charge in [0.2, 0.25) is 0 Å². The normalized spacial score (nSPS) is 17.6. The van der Waals surface area contributed by atoms with Crippen molar-refractivity contribution >= 4 is 42.4 Å². The molecule has 55 heavy (non-hydrogen) atoms. The Morgan fingerprint density at radius 3 is 1.25 bits per heavy atom. The van der Waals surface area contributed by atoms with Gasteiger partial charge in [-0.15, -0.1) is 0 Å². The van der Waals surface area contributed by atoms with E-state index < -0.39 is 85.0 Å². The van der Waals surface area contributed by atoms with Gasteiger partial charge in [-0.1, -0.05) is 98.3 Å². The Bertz CT molecular complexity index is 1910. The monoisotopic (exact) mass is 814 g/mol. The van der Waals surface area contributed by atoms with Gasteiger partial charge in [-0.3, -0.25) is 0 Å². The maximum absolute atomic E-state index is 14.2. The minimum absolute atomic E-state index is 0.0982. The van der Waals surface area contributed by atoms with Crippen molar-refractivity contribution in [3.63, 3.8) is 0 Å². The summed E-state index contributed by atoms with van der Waals surface area (Å²) in [7, 11) is -3.89. The molecule has 1 aliphatic carbocycles. The molecule has 6 rings (SSSR count). The van der Waals surface area contributed by atoms with Crippen LogP contribution in [0.2, 0.25) is 0 Å². The average Bonchev–Trinajstić information content (AvgIpc) is 3.61. The van der Waals surface area contributed by atoms with E-state index in [2.05, 4.69) is 0 Å². The highest BCUT2D eigenvalue weighted by Crippen LogP contribution is 2.54. The largest absolute Gasteiger partial charge is 0.416 e. The molecule has 5 aromatic rings. The molecule has 0 bridgehead atoms. The Balaban J connectivity index is 1.56. The van der Waals surface area contributed by atoms with Gasteiger partial charge < -0.3 is 0 Å². The van der Waals surface area contributed by atoms with Gasteiger partial charge in [0.05, 0.1) is 22.3 Å². The van der Waals surface area contributed by atoms with Gasteiger partial charge in [0.25, 0.3) is 0 Å². The summed E-state index contributed by atoms with van der Waals surface area (Å²) >= 11 is 0. The zero-order valence-electron chi connectivity index (χ0n) is 28.8. The van der Waals surface area contributed by atoms with Gasteiger partial charge in [0, 0.05) is 0 Å². The van der Waals surface area contributed by atoms with Gasteiger partial charge in [0.1, 0.15) is 0 Å². The minimum atomic E-state index is -5.30. The highest BCUT2D eigenvalue weighted by atomic mass is 31.1. The molecule has 1 fully saturated rings. The van der Waals surface area contributed by atoms with E-state index >= 15 is 0 Å². The molecule has 1 aliphatic rings. The van der Waals surface area contributed by atoms with Crippen LogP contribution in [0.15, 0.2) is 121 Å². The fraction of sp³-hybridized carbons (Fsp3) is 0.268. The highest BCUT2D eigenvalue weighted by Gasteiger charge is 2.44. The van der Waals surface area contributed by atoms with Crippen LogP contribution in [-0.2, 0) is 24.7 Å². The van der Waals surface area contributed by atoms with Crippen molar-refractivity contribution in [3.8, 4) is 0 Å². The standard InChI is InChI=1S/C41H32F12P2/c1-25(34-16-10-17-35(34)36-15-8-9-18-37(36)55(30-11-4-2-5-12-30)31-13-6-3-7-14-31)54(32-21-26(38(42,43)44)19-27(22-32)39(45,46)47)33-23-28(40(48,49)50)20-29(24-33)41(51,52)53/h2-9,11-15,18-25,34-35H,10,16-17H2,1H3/t25-,34?,35?/m0/s1. The Labute approximate surface area is 312 Å². The maximum Gasteiger partial charge on any atom is 0.416 e. The van der Waals surface area contributed by atoms with Crippen molar-refractivity contribution in [1.82, 2.24) is 0 Å². The molecule has 3 atom stereocenters. The van der Waals surface area contributed by atoms with Crippen molar-refractivity contribution in [3.05, 3.63) is 149 Å². The fourth-order valence-corrected chi connectivity index (χ4v) is 13.1. The smallest absolute Gasteiger partial charge is 0.166 e. The second-order valence-corrected chi connectivity index (χ2v) is 18.2. The number of hydrogen-bond donors (Lipinski definition) is 0. The van der Waals surface area contributed by atoms with E-state index in [1.54, 1.807) is 0 Å². The molecular weight excluding hydrogens is 782 g/mol. The minimum Gasteiger partial charge on any atom is -0.166 e. The summed E-state index contributed by atoms with van der Waals surface area (Å²) in [6.45, 7) is 1.52. The molecule has 0 saturated heterocycles. The predicted octanol–water partition coefficient (Wildman–Crippen LogP) is 11.9. The molecule has 5 aromatic carbocycles. The lowest BCUT2D eigenvalue weighted by Gasteiger charge is -2.36. The SMILES string of the molecule is C[C@@H](C1CCCC1c1ccccc1P(c1ccccc1)c1ccccc1)P(c1cc(C(F)(F)F)cc(C(F)(F)F)c1)c1cc(C(F)(F)F)cc(C(F)(F)F)c1. The van der Waals surface area contributed by atoms with E-state index in [0.717, 1.165) is 21.5 Å². The Morgan fingerprint density at radius 2 is 0.855 bits per heavy atom. The Kier molecular flexibility index (Phi) is 11.5. The molecule has 0 radical (unpaired) electrons. The average molecular weight is 815 g/mol. The van der Waals surface area contributed by atoms with Crippen molar-refractivity contribution < 1.29 is 52.7 Å². The van der Waals surface area contributed by atoms with E-state index in [9.17, 15) is 52.7 Å². The molecule has 14 heteroatoms. The Morgan fingerprint density at radius 1 is 0.473 bits per heavy atom.